The summed E-state index contributed by atoms with van der Waals surface area (Å²) in [5.41, 5.74) is 1.36. The first-order chi connectivity index (χ1) is 5.68. The van der Waals surface area contributed by atoms with Gasteiger partial charge in [-0.05, 0) is 49.4 Å². The van der Waals surface area contributed by atoms with Gasteiger partial charge in [-0.2, -0.15) is 0 Å². The Hall–Kier alpha value is 0.0900. The number of allylic oxidation sites excluding steroid dienone is 1. The average Bonchev–Trinajstić information content (AvgIpc) is 2.03. The largest absolute Gasteiger partial charge is 0.108 e. The van der Waals surface area contributed by atoms with E-state index in [1.54, 1.807) is 0 Å². The third kappa shape index (κ3) is 5.41. The molecular formula is C12H25S+. The van der Waals surface area contributed by atoms with E-state index in [-0.39, 0.29) is 7.43 Å². The lowest BCUT2D eigenvalue weighted by Crippen LogP contribution is -2.22. The van der Waals surface area contributed by atoms with E-state index in [4.69, 9.17) is 0 Å². The number of hydrogen-bond donors (Lipinski definition) is 0. The van der Waals surface area contributed by atoms with E-state index in [0.717, 1.165) is 16.8 Å². The van der Waals surface area contributed by atoms with Crippen molar-refractivity contribution in [1.29, 1.82) is 0 Å². The minimum absolute atomic E-state index is 0. The van der Waals surface area contributed by atoms with Gasteiger partial charge in [0.2, 0.25) is 0 Å². The van der Waals surface area contributed by atoms with Crippen molar-refractivity contribution in [2.75, 3.05) is 17.8 Å². The summed E-state index contributed by atoms with van der Waals surface area (Å²) < 4.78 is 0. The first kappa shape index (κ1) is 13.1. The van der Waals surface area contributed by atoms with Gasteiger partial charge in [-0.15, -0.1) is 6.58 Å². The van der Waals surface area contributed by atoms with Crippen LogP contribution < -0.4 is 0 Å². The second-order valence-corrected chi connectivity index (χ2v) is 6.51. The molecule has 1 aliphatic heterocycles. The van der Waals surface area contributed by atoms with Crippen molar-refractivity contribution in [3.05, 3.63) is 12.2 Å². The van der Waals surface area contributed by atoms with Gasteiger partial charge in [-0.1, -0.05) is 13.0 Å². The molecule has 1 aliphatic rings. The molecule has 0 aromatic carbocycles. The molecule has 0 nitrogen and oxygen atoms in total. The summed E-state index contributed by atoms with van der Waals surface area (Å²) >= 11 is 0. The van der Waals surface area contributed by atoms with Crippen LogP contribution in [0.5, 0.6) is 0 Å². The lowest BCUT2D eigenvalue weighted by molar-refractivity contribution is 0.451. The number of rotatable bonds is 3. The third-order valence-electron chi connectivity index (χ3n) is 2.73. The quantitative estimate of drug-likeness (QED) is 0.483. The second kappa shape index (κ2) is 6.53. The SMILES string of the molecule is C.C=C(C)CCC1CC[S+](C)CC1. The van der Waals surface area contributed by atoms with Gasteiger partial charge in [-0.25, -0.2) is 0 Å². The van der Waals surface area contributed by atoms with E-state index in [0.29, 0.717) is 0 Å². The lowest BCUT2D eigenvalue weighted by atomic mass is 9.95. The van der Waals surface area contributed by atoms with E-state index in [9.17, 15) is 0 Å². The molecule has 1 fully saturated rings. The molecule has 0 atom stereocenters. The fraction of sp³-hybridized carbons (Fsp3) is 0.833. The van der Waals surface area contributed by atoms with E-state index < -0.39 is 0 Å². The fourth-order valence-electron chi connectivity index (χ4n) is 1.72. The molecule has 1 saturated heterocycles. The van der Waals surface area contributed by atoms with E-state index in [2.05, 4.69) is 19.8 Å². The van der Waals surface area contributed by atoms with Crippen molar-refractivity contribution in [3.63, 3.8) is 0 Å². The smallest absolute Gasteiger partial charge is 0.100 e. The fourth-order valence-corrected chi connectivity index (χ4v) is 3.40. The summed E-state index contributed by atoms with van der Waals surface area (Å²) in [4.78, 5) is 0. The molecule has 0 amide bonds. The first-order valence-electron chi connectivity index (χ1n) is 4.92. The van der Waals surface area contributed by atoms with Crippen molar-refractivity contribution < 1.29 is 0 Å². The van der Waals surface area contributed by atoms with Crippen LogP contribution >= 0.6 is 0 Å². The number of hydrogen-bond acceptors (Lipinski definition) is 0. The van der Waals surface area contributed by atoms with Gasteiger partial charge in [0.25, 0.3) is 0 Å². The summed E-state index contributed by atoms with van der Waals surface area (Å²) in [6, 6.07) is 0. The second-order valence-electron chi connectivity index (χ2n) is 4.13. The van der Waals surface area contributed by atoms with Gasteiger partial charge < -0.3 is 0 Å². The van der Waals surface area contributed by atoms with E-state index in [1.165, 1.54) is 42.8 Å². The Balaban J connectivity index is 0.00000144. The zero-order valence-electron chi connectivity index (χ0n) is 8.44. The Morgan fingerprint density at radius 1 is 1.38 bits per heavy atom. The normalized spacial score (nSPS) is 27.8. The van der Waals surface area contributed by atoms with Gasteiger partial charge in [0.15, 0.2) is 0 Å². The lowest BCUT2D eigenvalue weighted by Gasteiger charge is -2.20. The monoisotopic (exact) mass is 201 g/mol. The van der Waals surface area contributed by atoms with Gasteiger partial charge >= 0.3 is 0 Å². The predicted octanol–water partition coefficient (Wildman–Crippen LogP) is 3.64. The van der Waals surface area contributed by atoms with Crippen LogP contribution in [-0.4, -0.2) is 17.8 Å². The Bertz CT molecular complexity index is 143. The molecule has 0 spiro atoms. The zero-order chi connectivity index (χ0) is 8.97. The van der Waals surface area contributed by atoms with Crippen LogP contribution in [0.1, 0.15) is 40.0 Å². The molecule has 1 rings (SSSR count). The molecule has 13 heavy (non-hydrogen) atoms. The highest BCUT2D eigenvalue weighted by Gasteiger charge is 2.23. The van der Waals surface area contributed by atoms with Crippen molar-refractivity contribution in [3.8, 4) is 0 Å². The molecule has 0 radical (unpaired) electrons. The van der Waals surface area contributed by atoms with E-state index in [1.807, 2.05) is 0 Å². The van der Waals surface area contributed by atoms with Crippen LogP contribution in [0.15, 0.2) is 12.2 Å². The molecule has 0 aromatic heterocycles. The molecule has 0 bridgehead atoms. The maximum absolute atomic E-state index is 3.96. The average molecular weight is 201 g/mol. The highest BCUT2D eigenvalue weighted by atomic mass is 32.2. The maximum atomic E-state index is 3.96. The topological polar surface area (TPSA) is 0 Å². The third-order valence-corrected chi connectivity index (χ3v) is 4.59. The summed E-state index contributed by atoms with van der Waals surface area (Å²) in [5, 5.41) is 0. The summed E-state index contributed by atoms with van der Waals surface area (Å²) in [5.74, 6) is 3.99. The van der Waals surface area contributed by atoms with Gasteiger partial charge in [0.1, 0.15) is 11.5 Å². The Kier molecular flexibility index (Phi) is 6.58. The van der Waals surface area contributed by atoms with E-state index >= 15 is 0 Å². The highest BCUT2D eigenvalue weighted by molar-refractivity contribution is 7.96. The van der Waals surface area contributed by atoms with Crippen LogP contribution in [0.3, 0.4) is 0 Å². The minimum atomic E-state index is 0. The Labute approximate surface area is 87.2 Å². The van der Waals surface area contributed by atoms with Crippen LogP contribution in [0.25, 0.3) is 0 Å². The summed E-state index contributed by atoms with van der Waals surface area (Å²) in [6.45, 7) is 6.10. The standard InChI is InChI=1S/C11H21S.CH4/c1-10(2)4-5-11-6-8-12(3)9-7-11;/h11H,1,4-9H2,2-3H3;1H4/q+1;. The molecule has 0 saturated carbocycles. The molecule has 78 valence electrons. The Morgan fingerprint density at radius 2 is 1.92 bits per heavy atom. The Morgan fingerprint density at radius 3 is 2.38 bits per heavy atom. The molecular weight excluding hydrogens is 176 g/mol. The minimum Gasteiger partial charge on any atom is -0.100 e. The molecule has 0 aromatic rings. The van der Waals surface area contributed by atoms with Gasteiger partial charge in [0, 0.05) is 0 Å². The van der Waals surface area contributed by atoms with Gasteiger partial charge in [0.05, 0.1) is 6.26 Å². The predicted molar refractivity (Wildman–Crippen MR) is 66.5 cm³/mol. The molecule has 1 heterocycles. The van der Waals surface area contributed by atoms with Crippen LogP contribution in [0.2, 0.25) is 0 Å². The summed E-state index contributed by atoms with van der Waals surface area (Å²) in [6.07, 6.45) is 8.02. The molecule has 0 aliphatic carbocycles. The van der Waals surface area contributed by atoms with Crippen molar-refractivity contribution >= 4 is 10.9 Å². The molecule has 0 unspecified atom stereocenters. The molecule has 0 N–H and O–H groups in total. The van der Waals surface area contributed by atoms with Crippen molar-refractivity contribution in [2.45, 2.75) is 40.0 Å². The van der Waals surface area contributed by atoms with Crippen molar-refractivity contribution in [1.82, 2.24) is 0 Å². The van der Waals surface area contributed by atoms with Crippen LogP contribution in [0, 0.1) is 5.92 Å². The first-order valence-corrected chi connectivity index (χ1v) is 6.89. The van der Waals surface area contributed by atoms with Crippen LogP contribution in [-0.2, 0) is 10.9 Å². The van der Waals surface area contributed by atoms with Gasteiger partial charge in [-0.3, -0.25) is 0 Å². The highest BCUT2D eigenvalue weighted by Crippen LogP contribution is 2.24. The summed E-state index contributed by atoms with van der Waals surface area (Å²) in [7, 11) is 0.752. The molecule has 1 heteroatoms. The van der Waals surface area contributed by atoms with Crippen molar-refractivity contribution in [2.24, 2.45) is 5.92 Å². The zero-order valence-corrected chi connectivity index (χ0v) is 9.25. The van der Waals surface area contributed by atoms with Crippen LogP contribution in [0.4, 0.5) is 0 Å². The maximum Gasteiger partial charge on any atom is 0.108 e.